The second-order valence-corrected chi connectivity index (χ2v) is 8.69. The monoisotopic (exact) mass is 452 g/mol. The van der Waals surface area contributed by atoms with Gasteiger partial charge in [0.25, 0.3) is 5.69 Å². The van der Waals surface area contributed by atoms with Crippen LogP contribution in [0.4, 0.5) is 5.69 Å². The van der Waals surface area contributed by atoms with Crippen molar-refractivity contribution in [3.8, 4) is 17.6 Å². The molecule has 0 aliphatic heterocycles. The molecule has 2 aromatic carbocycles. The van der Waals surface area contributed by atoms with Crippen LogP contribution in [0.5, 0.6) is 11.5 Å². The lowest BCUT2D eigenvalue weighted by Crippen LogP contribution is -2.32. The molecular weight excluding hydrogens is 420 g/mol. The molecule has 0 spiro atoms. The average molecular weight is 453 g/mol. The van der Waals surface area contributed by atoms with Gasteiger partial charge >= 0.3 is 0 Å². The Kier molecular flexibility index (Phi) is 8.64. The van der Waals surface area contributed by atoms with Gasteiger partial charge in [0.1, 0.15) is 0 Å². The first-order valence-electron chi connectivity index (χ1n) is 11.3. The van der Waals surface area contributed by atoms with Gasteiger partial charge in [-0.1, -0.05) is 12.1 Å². The van der Waals surface area contributed by atoms with E-state index in [1.54, 1.807) is 18.2 Å². The Morgan fingerprint density at radius 1 is 1.06 bits per heavy atom. The number of nitrogens with zero attached hydrogens (tertiary/aromatic N) is 3. The highest BCUT2D eigenvalue weighted by molar-refractivity contribution is 5.54. The van der Waals surface area contributed by atoms with E-state index in [0.717, 1.165) is 44.3 Å². The van der Waals surface area contributed by atoms with E-state index in [0.29, 0.717) is 47.6 Å². The Balaban J connectivity index is 1.86. The van der Waals surface area contributed by atoms with Crippen LogP contribution >= 0.6 is 0 Å². The number of nitro benzene ring substituents is 1. The van der Waals surface area contributed by atoms with Crippen molar-refractivity contribution in [2.24, 2.45) is 17.6 Å². The number of nitrogens with two attached hydrogens (primary N) is 1. The average Bonchev–Trinajstić information content (AvgIpc) is 2.84. The maximum absolute atomic E-state index is 11.8. The third-order valence-electron chi connectivity index (χ3n) is 6.48. The molecule has 3 rings (SSSR count). The van der Waals surface area contributed by atoms with Crippen molar-refractivity contribution in [2.75, 3.05) is 27.3 Å². The van der Waals surface area contributed by atoms with Crippen molar-refractivity contribution < 1.29 is 14.4 Å². The third kappa shape index (κ3) is 6.44. The molecule has 8 heteroatoms. The van der Waals surface area contributed by atoms with Gasteiger partial charge in [0.2, 0.25) is 0 Å². The zero-order valence-electron chi connectivity index (χ0n) is 19.3. The normalized spacial score (nSPS) is 18.0. The van der Waals surface area contributed by atoms with E-state index in [9.17, 15) is 10.1 Å². The van der Waals surface area contributed by atoms with Crippen LogP contribution in [0, 0.1) is 33.3 Å². The summed E-state index contributed by atoms with van der Waals surface area (Å²) in [6.45, 7) is 2.61. The molecule has 0 saturated heterocycles. The number of rotatable bonds is 10. The molecule has 2 aromatic rings. The van der Waals surface area contributed by atoms with Crippen molar-refractivity contribution in [3.63, 3.8) is 0 Å². The molecule has 33 heavy (non-hydrogen) atoms. The van der Waals surface area contributed by atoms with Crippen LogP contribution < -0.4 is 15.2 Å². The summed E-state index contributed by atoms with van der Waals surface area (Å²) in [6, 6.07) is 12.8. The second kappa shape index (κ2) is 11.6. The zero-order chi connectivity index (χ0) is 23.8. The molecule has 0 heterocycles. The van der Waals surface area contributed by atoms with Gasteiger partial charge in [0.15, 0.2) is 11.5 Å². The quantitative estimate of drug-likeness (QED) is 0.423. The maximum atomic E-state index is 11.8. The molecule has 2 N–H and O–H groups in total. The number of hydrogen-bond acceptors (Lipinski definition) is 7. The lowest BCUT2D eigenvalue weighted by atomic mass is 9.82. The fourth-order valence-electron chi connectivity index (χ4n) is 4.59. The first-order valence-corrected chi connectivity index (χ1v) is 11.3. The zero-order valence-corrected chi connectivity index (χ0v) is 19.3. The predicted octanol–water partition coefficient (Wildman–Crippen LogP) is 4.25. The summed E-state index contributed by atoms with van der Waals surface area (Å²) in [7, 11) is 2.99. The van der Waals surface area contributed by atoms with Crippen LogP contribution in [0.2, 0.25) is 0 Å². The van der Waals surface area contributed by atoms with Crippen molar-refractivity contribution in [3.05, 3.63) is 63.2 Å². The Hall–Kier alpha value is -3.15. The standard InChI is InChI=1S/C25H32N4O4/c1-32-24-11-22(23(29(30)31)12-25(24)33-2)17-28(15-20-7-3-18(13-26)4-8-20)16-21-9-5-19(14-27)6-10-21/h3-4,7-8,11-12,19,21H,5-6,9-10,14-17,27H2,1-2H3. The smallest absolute Gasteiger partial charge is 0.277 e. The molecule has 0 radical (unpaired) electrons. The molecule has 0 aromatic heterocycles. The molecule has 0 unspecified atom stereocenters. The van der Waals surface area contributed by atoms with Crippen LogP contribution in [0.3, 0.4) is 0 Å². The van der Waals surface area contributed by atoms with Gasteiger partial charge in [0.05, 0.1) is 36.8 Å². The van der Waals surface area contributed by atoms with Gasteiger partial charge in [0, 0.05) is 25.2 Å². The molecule has 1 aliphatic rings. The van der Waals surface area contributed by atoms with Crippen LogP contribution in [0.15, 0.2) is 36.4 Å². The van der Waals surface area contributed by atoms with Crippen LogP contribution in [-0.2, 0) is 13.1 Å². The maximum Gasteiger partial charge on any atom is 0.277 e. The molecule has 0 atom stereocenters. The van der Waals surface area contributed by atoms with E-state index in [4.69, 9.17) is 20.5 Å². The molecule has 1 saturated carbocycles. The molecular formula is C25H32N4O4. The Labute approximate surface area is 195 Å². The van der Waals surface area contributed by atoms with Crippen molar-refractivity contribution in [2.45, 2.75) is 38.8 Å². The Bertz CT molecular complexity index is 979. The van der Waals surface area contributed by atoms with Gasteiger partial charge in [-0.2, -0.15) is 5.26 Å². The van der Waals surface area contributed by atoms with Crippen LogP contribution in [0.25, 0.3) is 0 Å². The van der Waals surface area contributed by atoms with Crippen LogP contribution in [0.1, 0.15) is 42.4 Å². The number of hydrogen-bond donors (Lipinski definition) is 1. The molecule has 1 aliphatic carbocycles. The summed E-state index contributed by atoms with van der Waals surface area (Å²) >= 11 is 0. The molecule has 0 bridgehead atoms. The Morgan fingerprint density at radius 3 is 2.21 bits per heavy atom. The lowest BCUT2D eigenvalue weighted by molar-refractivity contribution is -0.385. The predicted molar refractivity (Wildman–Crippen MR) is 126 cm³/mol. The van der Waals surface area contributed by atoms with E-state index in [1.807, 2.05) is 12.1 Å². The van der Waals surface area contributed by atoms with Crippen molar-refractivity contribution in [1.82, 2.24) is 4.90 Å². The summed E-state index contributed by atoms with van der Waals surface area (Å²) in [5.74, 6) is 1.93. The first-order chi connectivity index (χ1) is 16.0. The number of nitro groups is 1. The largest absolute Gasteiger partial charge is 0.493 e. The molecule has 1 fully saturated rings. The SMILES string of the molecule is COc1cc(CN(Cc2ccc(C#N)cc2)CC2CCC(CN)CC2)c([N+](=O)[O-])cc1OC. The van der Waals surface area contributed by atoms with Crippen molar-refractivity contribution in [1.29, 1.82) is 5.26 Å². The summed E-state index contributed by atoms with van der Waals surface area (Å²) in [4.78, 5) is 13.7. The van der Waals surface area contributed by atoms with Gasteiger partial charge in [-0.25, -0.2) is 0 Å². The highest BCUT2D eigenvalue weighted by Crippen LogP contribution is 2.36. The number of ether oxygens (including phenoxy) is 2. The molecule has 176 valence electrons. The second-order valence-electron chi connectivity index (χ2n) is 8.69. The van der Waals surface area contributed by atoms with Gasteiger partial charge in [-0.15, -0.1) is 0 Å². The van der Waals surface area contributed by atoms with E-state index < -0.39 is 0 Å². The summed E-state index contributed by atoms with van der Waals surface area (Å²) in [5, 5.41) is 20.9. The summed E-state index contributed by atoms with van der Waals surface area (Å²) in [5.41, 5.74) is 8.13. The highest BCUT2D eigenvalue weighted by Gasteiger charge is 2.25. The molecule has 0 amide bonds. The van der Waals surface area contributed by atoms with E-state index in [-0.39, 0.29) is 10.6 Å². The highest BCUT2D eigenvalue weighted by atomic mass is 16.6. The first kappa shape index (κ1) is 24.5. The van der Waals surface area contributed by atoms with Crippen LogP contribution in [-0.4, -0.2) is 37.1 Å². The summed E-state index contributed by atoms with van der Waals surface area (Å²) in [6.07, 6.45) is 4.48. The van der Waals surface area contributed by atoms with E-state index >= 15 is 0 Å². The fraction of sp³-hybridized carbons (Fsp3) is 0.480. The fourth-order valence-corrected chi connectivity index (χ4v) is 4.59. The van der Waals surface area contributed by atoms with E-state index in [2.05, 4.69) is 11.0 Å². The minimum Gasteiger partial charge on any atom is -0.493 e. The number of benzene rings is 2. The van der Waals surface area contributed by atoms with Crippen molar-refractivity contribution >= 4 is 5.69 Å². The molecule has 8 nitrogen and oxygen atoms in total. The number of methoxy groups -OCH3 is 2. The third-order valence-corrected chi connectivity index (χ3v) is 6.48. The number of nitriles is 1. The minimum absolute atomic E-state index is 0.0179. The topological polar surface area (TPSA) is 115 Å². The minimum atomic E-state index is -0.371. The van der Waals surface area contributed by atoms with Gasteiger partial charge in [-0.3, -0.25) is 15.0 Å². The lowest BCUT2D eigenvalue weighted by Gasteiger charge is -2.32. The van der Waals surface area contributed by atoms with Gasteiger partial charge < -0.3 is 15.2 Å². The van der Waals surface area contributed by atoms with E-state index in [1.165, 1.54) is 20.3 Å². The van der Waals surface area contributed by atoms with Gasteiger partial charge in [-0.05, 0) is 67.8 Å². The summed E-state index contributed by atoms with van der Waals surface area (Å²) < 4.78 is 10.7. The Morgan fingerprint density at radius 2 is 1.67 bits per heavy atom.